The van der Waals surface area contributed by atoms with Crippen molar-refractivity contribution in [1.82, 2.24) is 14.5 Å². The van der Waals surface area contributed by atoms with Gasteiger partial charge in [0.25, 0.3) is 5.91 Å². The highest BCUT2D eigenvalue weighted by molar-refractivity contribution is 5.92. The van der Waals surface area contributed by atoms with Gasteiger partial charge in [-0.15, -0.1) is 0 Å². The Morgan fingerprint density at radius 2 is 2.53 bits per heavy atom. The third kappa shape index (κ3) is 2.65. The Balaban J connectivity index is 2.07. The monoisotopic (exact) mass is 238 g/mol. The first-order valence-electron chi connectivity index (χ1n) is 5.83. The minimum Gasteiger partial charge on any atom is -0.377 e. The molecule has 0 saturated carbocycles. The molecule has 2 rings (SSSR count). The smallest absolute Gasteiger partial charge is 0.274 e. The Hall–Kier alpha value is -1.40. The molecule has 2 heterocycles. The summed E-state index contributed by atoms with van der Waals surface area (Å²) in [7, 11) is 0. The maximum Gasteiger partial charge on any atom is 0.274 e. The summed E-state index contributed by atoms with van der Waals surface area (Å²) < 4.78 is 7.14. The Morgan fingerprint density at radius 3 is 3.24 bits per heavy atom. The zero-order chi connectivity index (χ0) is 12.3. The van der Waals surface area contributed by atoms with E-state index >= 15 is 0 Å². The van der Waals surface area contributed by atoms with Crippen LogP contribution in [0, 0.1) is 0 Å². The molecule has 0 aliphatic carbocycles. The van der Waals surface area contributed by atoms with Crippen molar-refractivity contribution in [2.24, 2.45) is 5.73 Å². The first kappa shape index (κ1) is 12.1. The summed E-state index contributed by atoms with van der Waals surface area (Å²) in [6, 6.07) is 0.107. The predicted octanol–water partition coefficient (Wildman–Crippen LogP) is -0.297. The largest absolute Gasteiger partial charge is 0.377 e. The molecule has 0 bridgehead atoms. The summed E-state index contributed by atoms with van der Waals surface area (Å²) in [5, 5.41) is 0. The van der Waals surface area contributed by atoms with Gasteiger partial charge in [0.1, 0.15) is 5.69 Å². The van der Waals surface area contributed by atoms with Gasteiger partial charge in [0, 0.05) is 25.8 Å². The molecule has 0 aromatic carbocycles. The summed E-state index contributed by atoms with van der Waals surface area (Å²) in [5.74, 6) is -0.0310. The molecule has 1 aliphatic heterocycles. The molecule has 1 aromatic heterocycles. The molecule has 6 nitrogen and oxygen atoms in total. The number of aromatic nitrogens is 2. The van der Waals surface area contributed by atoms with Crippen molar-refractivity contribution in [3.8, 4) is 0 Å². The van der Waals surface area contributed by atoms with Crippen LogP contribution in [0.25, 0.3) is 0 Å². The average Bonchev–Trinajstić information content (AvgIpc) is 2.78. The highest BCUT2D eigenvalue weighted by Gasteiger charge is 2.25. The molecule has 1 atom stereocenters. The lowest BCUT2D eigenvalue weighted by Gasteiger charge is -2.32. The fraction of sp³-hybridized carbons (Fsp3) is 0.636. The summed E-state index contributed by atoms with van der Waals surface area (Å²) in [5.41, 5.74) is 5.93. The first-order chi connectivity index (χ1) is 8.22. The van der Waals surface area contributed by atoms with Crippen LogP contribution in [0.1, 0.15) is 17.4 Å². The Kier molecular flexibility index (Phi) is 3.75. The molecule has 6 heteroatoms. The number of rotatable bonds is 3. The van der Waals surface area contributed by atoms with Gasteiger partial charge in [-0.2, -0.15) is 0 Å². The number of nitrogens with zero attached hydrogens (tertiary/aromatic N) is 3. The van der Waals surface area contributed by atoms with Gasteiger partial charge in [-0.25, -0.2) is 4.98 Å². The zero-order valence-corrected chi connectivity index (χ0v) is 10.0. The summed E-state index contributed by atoms with van der Waals surface area (Å²) >= 11 is 0. The van der Waals surface area contributed by atoms with E-state index in [-0.39, 0.29) is 11.9 Å². The number of hydrogen-bond acceptors (Lipinski definition) is 4. The molecule has 1 aromatic rings. The van der Waals surface area contributed by atoms with Crippen LogP contribution < -0.4 is 5.73 Å². The molecule has 0 unspecified atom stereocenters. The molecule has 1 aliphatic rings. The van der Waals surface area contributed by atoms with E-state index in [0.29, 0.717) is 38.5 Å². The number of carbonyl (C=O) groups excluding carboxylic acids is 1. The Labute approximate surface area is 100 Å². The standard InChI is InChI=1S/C11H18N4O2/c1-9-7-17-5-4-15(9)11(16)10-6-14(3-2-12)8-13-10/h6,8-9H,2-5,7,12H2,1H3/t9-/m1/s1. The highest BCUT2D eigenvalue weighted by atomic mass is 16.5. The fourth-order valence-corrected chi connectivity index (χ4v) is 1.92. The maximum atomic E-state index is 12.2. The zero-order valence-electron chi connectivity index (χ0n) is 10.0. The molecule has 1 amide bonds. The second kappa shape index (κ2) is 5.29. The van der Waals surface area contributed by atoms with Crippen LogP contribution in [0.15, 0.2) is 12.5 Å². The van der Waals surface area contributed by atoms with Crippen LogP contribution in [-0.2, 0) is 11.3 Å². The predicted molar refractivity (Wildman–Crippen MR) is 62.6 cm³/mol. The number of nitrogens with two attached hydrogens (primary N) is 1. The van der Waals surface area contributed by atoms with Crippen molar-refractivity contribution in [1.29, 1.82) is 0 Å². The number of imidazole rings is 1. The van der Waals surface area contributed by atoms with Crippen molar-refractivity contribution in [2.45, 2.75) is 19.5 Å². The van der Waals surface area contributed by atoms with Crippen molar-refractivity contribution in [3.05, 3.63) is 18.2 Å². The average molecular weight is 238 g/mol. The van der Waals surface area contributed by atoms with Crippen molar-refractivity contribution >= 4 is 5.91 Å². The number of morpholine rings is 1. The van der Waals surface area contributed by atoms with Crippen LogP contribution in [-0.4, -0.2) is 52.7 Å². The van der Waals surface area contributed by atoms with Gasteiger partial charge in [0.05, 0.1) is 25.6 Å². The van der Waals surface area contributed by atoms with E-state index in [1.165, 1.54) is 0 Å². The van der Waals surface area contributed by atoms with Crippen LogP contribution in [0.5, 0.6) is 0 Å². The summed E-state index contributed by atoms with van der Waals surface area (Å²) in [6.45, 7) is 5.02. The molecule has 17 heavy (non-hydrogen) atoms. The Bertz CT molecular complexity index is 391. The molecule has 0 spiro atoms. The van der Waals surface area contributed by atoms with E-state index in [9.17, 15) is 4.79 Å². The lowest BCUT2D eigenvalue weighted by molar-refractivity contribution is 0.00329. The summed E-state index contributed by atoms with van der Waals surface area (Å²) in [6.07, 6.45) is 3.39. The number of ether oxygens (including phenoxy) is 1. The van der Waals surface area contributed by atoms with Gasteiger partial charge < -0.3 is 19.9 Å². The molecule has 1 fully saturated rings. The SMILES string of the molecule is C[C@@H]1COCCN1C(=O)c1cn(CCN)cn1. The lowest BCUT2D eigenvalue weighted by Crippen LogP contribution is -2.47. The van der Waals surface area contributed by atoms with Gasteiger partial charge in [-0.3, -0.25) is 4.79 Å². The normalized spacial score (nSPS) is 20.6. The van der Waals surface area contributed by atoms with E-state index in [0.717, 1.165) is 0 Å². The van der Waals surface area contributed by atoms with E-state index in [4.69, 9.17) is 10.5 Å². The molecule has 1 saturated heterocycles. The molecular weight excluding hydrogens is 220 g/mol. The third-order valence-electron chi connectivity index (χ3n) is 2.87. The van der Waals surface area contributed by atoms with Crippen molar-refractivity contribution < 1.29 is 9.53 Å². The third-order valence-corrected chi connectivity index (χ3v) is 2.87. The quantitative estimate of drug-likeness (QED) is 0.785. The van der Waals surface area contributed by atoms with E-state index in [2.05, 4.69) is 4.98 Å². The van der Waals surface area contributed by atoms with Crippen LogP contribution in [0.2, 0.25) is 0 Å². The minimum absolute atomic E-state index is 0.0310. The second-order valence-corrected chi connectivity index (χ2v) is 4.21. The molecular formula is C11H18N4O2. The maximum absolute atomic E-state index is 12.2. The molecule has 2 N–H and O–H groups in total. The Morgan fingerprint density at radius 1 is 1.71 bits per heavy atom. The van der Waals surface area contributed by atoms with E-state index in [1.54, 1.807) is 17.4 Å². The fourth-order valence-electron chi connectivity index (χ4n) is 1.92. The van der Waals surface area contributed by atoms with Gasteiger partial charge in [0.2, 0.25) is 0 Å². The topological polar surface area (TPSA) is 73.4 Å². The lowest BCUT2D eigenvalue weighted by atomic mass is 10.2. The molecule has 94 valence electrons. The highest BCUT2D eigenvalue weighted by Crippen LogP contribution is 2.10. The van der Waals surface area contributed by atoms with Crippen molar-refractivity contribution in [3.63, 3.8) is 0 Å². The van der Waals surface area contributed by atoms with Crippen LogP contribution in [0.4, 0.5) is 0 Å². The van der Waals surface area contributed by atoms with Gasteiger partial charge in [-0.1, -0.05) is 0 Å². The van der Waals surface area contributed by atoms with Gasteiger partial charge >= 0.3 is 0 Å². The number of amides is 1. The van der Waals surface area contributed by atoms with Crippen LogP contribution in [0.3, 0.4) is 0 Å². The minimum atomic E-state index is -0.0310. The second-order valence-electron chi connectivity index (χ2n) is 4.21. The molecule has 0 radical (unpaired) electrons. The van der Waals surface area contributed by atoms with Crippen molar-refractivity contribution in [2.75, 3.05) is 26.3 Å². The van der Waals surface area contributed by atoms with Gasteiger partial charge in [-0.05, 0) is 6.92 Å². The van der Waals surface area contributed by atoms with E-state index in [1.807, 2.05) is 11.5 Å². The number of hydrogen-bond donors (Lipinski definition) is 1. The van der Waals surface area contributed by atoms with Gasteiger partial charge in [0.15, 0.2) is 0 Å². The summed E-state index contributed by atoms with van der Waals surface area (Å²) in [4.78, 5) is 18.1. The van der Waals surface area contributed by atoms with E-state index < -0.39 is 0 Å². The van der Waals surface area contributed by atoms with Crippen LogP contribution >= 0.6 is 0 Å². The first-order valence-corrected chi connectivity index (χ1v) is 5.83. The number of carbonyl (C=O) groups is 1.